The molecule has 1 N–H and O–H groups in total. The molecule has 2 aromatic carbocycles. The van der Waals surface area contributed by atoms with E-state index in [2.05, 4.69) is 28.2 Å². The van der Waals surface area contributed by atoms with E-state index in [4.69, 9.17) is 4.74 Å². The van der Waals surface area contributed by atoms with Gasteiger partial charge in [-0.2, -0.15) is 0 Å². The third kappa shape index (κ3) is 4.03. The van der Waals surface area contributed by atoms with Gasteiger partial charge in [0.05, 0.1) is 6.54 Å². The second-order valence-corrected chi connectivity index (χ2v) is 7.29. The van der Waals surface area contributed by atoms with Gasteiger partial charge in [-0.25, -0.2) is 4.99 Å². The Morgan fingerprint density at radius 3 is 2.78 bits per heavy atom. The SMILES string of the molecule is Cc1ccc(C(=O)NC2=NC=CN(CC3CCOCC3)C2)c2ccccc12. The van der Waals surface area contributed by atoms with Gasteiger partial charge in [-0.05, 0) is 48.1 Å². The smallest absolute Gasteiger partial charge is 0.257 e. The number of amidine groups is 1. The van der Waals surface area contributed by atoms with Gasteiger partial charge in [0, 0.05) is 37.7 Å². The number of ether oxygens (including phenoxy) is 1. The lowest BCUT2D eigenvalue weighted by molar-refractivity contribution is 0.0589. The molecule has 1 amide bonds. The molecule has 0 aromatic heterocycles. The highest BCUT2D eigenvalue weighted by Gasteiger charge is 2.20. The first-order valence-electron chi connectivity index (χ1n) is 9.55. The first-order chi connectivity index (χ1) is 13.2. The Hall–Kier alpha value is -2.66. The van der Waals surface area contributed by atoms with E-state index in [1.807, 2.05) is 36.5 Å². The molecule has 27 heavy (non-hydrogen) atoms. The highest BCUT2D eigenvalue weighted by molar-refractivity contribution is 6.14. The number of nitrogens with one attached hydrogen (secondary N) is 1. The van der Waals surface area contributed by atoms with Gasteiger partial charge >= 0.3 is 0 Å². The Morgan fingerprint density at radius 1 is 1.19 bits per heavy atom. The fourth-order valence-corrected chi connectivity index (χ4v) is 3.81. The van der Waals surface area contributed by atoms with Crippen LogP contribution in [-0.4, -0.2) is 42.9 Å². The maximum atomic E-state index is 12.9. The van der Waals surface area contributed by atoms with Crippen LogP contribution in [0, 0.1) is 12.8 Å². The molecule has 5 nitrogen and oxygen atoms in total. The van der Waals surface area contributed by atoms with Crippen LogP contribution >= 0.6 is 0 Å². The minimum atomic E-state index is -0.105. The summed E-state index contributed by atoms with van der Waals surface area (Å²) < 4.78 is 5.44. The minimum Gasteiger partial charge on any atom is -0.381 e. The largest absolute Gasteiger partial charge is 0.381 e. The number of amides is 1. The highest BCUT2D eigenvalue weighted by Crippen LogP contribution is 2.22. The van der Waals surface area contributed by atoms with E-state index in [1.165, 1.54) is 5.56 Å². The monoisotopic (exact) mass is 363 g/mol. The van der Waals surface area contributed by atoms with E-state index in [0.29, 0.717) is 23.9 Å². The van der Waals surface area contributed by atoms with Crippen LogP contribution < -0.4 is 5.32 Å². The lowest BCUT2D eigenvalue weighted by Gasteiger charge is -2.30. The second kappa shape index (κ2) is 7.92. The van der Waals surface area contributed by atoms with Crippen LogP contribution in [0.25, 0.3) is 10.8 Å². The third-order valence-electron chi connectivity index (χ3n) is 5.34. The van der Waals surface area contributed by atoms with Gasteiger partial charge in [-0.3, -0.25) is 4.79 Å². The summed E-state index contributed by atoms with van der Waals surface area (Å²) in [7, 11) is 0. The Morgan fingerprint density at radius 2 is 1.96 bits per heavy atom. The van der Waals surface area contributed by atoms with E-state index in [-0.39, 0.29) is 5.91 Å². The van der Waals surface area contributed by atoms with Crippen molar-refractivity contribution in [3.8, 4) is 0 Å². The van der Waals surface area contributed by atoms with Crippen LogP contribution in [0.15, 0.2) is 53.8 Å². The Balaban J connectivity index is 1.45. The lowest BCUT2D eigenvalue weighted by Crippen LogP contribution is -2.41. The van der Waals surface area contributed by atoms with Gasteiger partial charge in [0.15, 0.2) is 0 Å². The van der Waals surface area contributed by atoms with Crippen molar-refractivity contribution >= 4 is 22.5 Å². The van der Waals surface area contributed by atoms with Crippen LogP contribution in [0.3, 0.4) is 0 Å². The molecule has 1 fully saturated rings. The average molecular weight is 363 g/mol. The zero-order chi connectivity index (χ0) is 18.6. The fourth-order valence-electron chi connectivity index (χ4n) is 3.81. The van der Waals surface area contributed by atoms with E-state index < -0.39 is 0 Å². The van der Waals surface area contributed by atoms with E-state index >= 15 is 0 Å². The van der Waals surface area contributed by atoms with Crippen molar-refractivity contribution in [2.24, 2.45) is 10.9 Å². The molecule has 2 aliphatic rings. The molecular formula is C22H25N3O2. The number of benzene rings is 2. The number of nitrogens with zero attached hydrogens (tertiary/aromatic N) is 2. The van der Waals surface area contributed by atoms with E-state index in [0.717, 1.165) is 43.4 Å². The molecular weight excluding hydrogens is 338 g/mol. The van der Waals surface area contributed by atoms with E-state index in [9.17, 15) is 4.79 Å². The van der Waals surface area contributed by atoms with Crippen molar-refractivity contribution in [1.82, 2.24) is 10.2 Å². The zero-order valence-electron chi connectivity index (χ0n) is 15.6. The molecule has 5 heteroatoms. The van der Waals surface area contributed by atoms with Crippen molar-refractivity contribution < 1.29 is 9.53 Å². The molecule has 0 unspecified atom stereocenters. The lowest BCUT2D eigenvalue weighted by atomic mass is 9.99. The van der Waals surface area contributed by atoms with E-state index in [1.54, 1.807) is 6.20 Å². The number of rotatable bonds is 3. The van der Waals surface area contributed by atoms with Gasteiger partial charge in [0.2, 0.25) is 0 Å². The quantitative estimate of drug-likeness (QED) is 0.908. The van der Waals surface area contributed by atoms with Crippen LogP contribution in [0.2, 0.25) is 0 Å². The van der Waals surface area contributed by atoms with Crippen LogP contribution in [-0.2, 0) is 4.74 Å². The summed E-state index contributed by atoms with van der Waals surface area (Å²) in [5.74, 6) is 1.23. The first kappa shape index (κ1) is 17.7. The fraction of sp³-hybridized carbons (Fsp3) is 0.364. The predicted octanol–water partition coefficient (Wildman–Crippen LogP) is 3.49. The molecule has 2 aromatic rings. The van der Waals surface area contributed by atoms with Crippen LogP contribution in [0.5, 0.6) is 0 Å². The summed E-state index contributed by atoms with van der Waals surface area (Å²) in [4.78, 5) is 19.5. The third-order valence-corrected chi connectivity index (χ3v) is 5.34. The van der Waals surface area contributed by atoms with Gasteiger partial charge in [-0.1, -0.05) is 30.3 Å². The van der Waals surface area contributed by atoms with Crippen molar-refractivity contribution in [3.05, 3.63) is 59.9 Å². The summed E-state index contributed by atoms with van der Waals surface area (Å²) in [5.41, 5.74) is 1.85. The molecule has 0 saturated carbocycles. The summed E-state index contributed by atoms with van der Waals surface area (Å²) in [6.07, 6.45) is 5.97. The number of hydrogen-bond acceptors (Lipinski definition) is 4. The minimum absolute atomic E-state index is 0.105. The molecule has 0 bridgehead atoms. The number of hydrogen-bond donors (Lipinski definition) is 1. The molecule has 140 valence electrons. The predicted molar refractivity (Wildman–Crippen MR) is 108 cm³/mol. The van der Waals surface area contributed by atoms with Crippen molar-refractivity contribution in [3.63, 3.8) is 0 Å². The average Bonchev–Trinajstić information content (AvgIpc) is 2.69. The molecule has 0 radical (unpaired) electrons. The standard InChI is InChI=1S/C22H25N3O2/c1-16-6-7-20(19-5-3-2-4-18(16)19)22(26)24-21-15-25(11-10-23-21)14-17-8-12-27-13-9-17/h2-7,10-11,17H,8-9,12-15H2,1H3,(H,23,24,26). The maximum absolute atomic E-state index is 12.9. The first-order valence-corrected chi connectivity index (χ1v) is 9.55. The van der Waals surface area contributed by atoms with Gasteiger partial charge in [-0.15, -0.1) is 0 Å². The number of carbonyl (C=O) groups is 1. The van der Waals surface area contributed by atoms with Gasteiger partial charge in [0.25, 0.3) is 5.91 Å². The zero-order valence-corrected chi connectivity index (χ0v) is 15.6. The van der Waals surface area contributed by atoms with Crippen LogP contribution in [0.4, 0.5) is 0 Å². The topological polar surface area (TPSA) is 53.9 Å². The molecule has 0 spiro atoms. The molecule has 2 heterocycles. The Kier molecular flexibility index (Phi) is 5.21. The molecule has 4 rings (SSSR count). The summed E-state index contributed by atoms with van der Waals surface area (Å²) in [6, 6.07) is 11.9. The second-order valence-electron chi connectivity index (χ2n) is 7.29. The van der Waals surface area contributed by atoms with Crippen molar-refractivity contribution in [2.75, 3.05) is 26.3 Å². The Bertz CT molecular complexity index is 898. The number of fused-ring (bicyclic) bond motifs is 1. The van der Waals surface area contributed by atoms with Gasteiger partial charge < -0.3 is 15.0 Å². The molecule has 1 saturated heterocycles. The van der Waals surface area contributed by atoms with Gasteiger partial charge in [0.1, 0.15) is 5.84 Å². The molecule has 0 aliphatic carbocycles. The highest BCUT2D eigenvalue weighted by atomic mass is 16.5. The molecule has 2 aliphatic heterocycles. The van der Waals surface area contributed by atoms with Crippen LogP contribution in [0.1, 0.15) is 28.8 Å². The Labute approximate surface area is 159 Å². The summed E-state index contributed by atoms with van der Waals surface area (Å²) >= 11 is 0. The number of aryl methyl sites for hydroxylation is 1. The number of carbonyl (C=O) groups excluding carboxylic acids is 1. The normalized spacial score (nSPS) is 17.8. The van der Waals surface area contributed by atoms with Crippen molar-refractivity contribution in [2.45, 2.75) is 19.8 Å². The maximum Gasteiger partial charge on any atom is 0.257 e. The van der Waals surface area contributed by atoms with Crippen molar-refractivity contribution in [1.29, 1.82) is 0 Å². The summed E-state index contributed by atoms with van der Waals surface area (Å²) in [5, 5.41) is 5.09. The summed E-state index contributed by atoms with van der Waals surface area (Å²) in [6.45, 7) is 5.36. The number of aliphatic imine (C=N–C) groups is 1. The molecule has 0 atom stereocenters.